The Kier molecular flexibility index (Phi) is 5.60. The van der Waals surface area contributed by atoms with Gasteiger partial charge in [0.25, 0.3) is 11.6 Å². The normalized spacial score (nSPS) is 11.4. The molecule has 0 spiro atoms. The Morgan fingerprint density at radius 1 is 1.17 bits per heavy atom. The minimum atomic E-state index is -0.570. The van der Waals surface area contributed by atoms with Gasteiger partial charge in [-0.2, -0.15) is 5.10 Å². The number of rotatable bonds is 5. The second-order valence-electron chi connectivity index (χ2n) is 4.45. The monoisotopic (exact) mass is 329 g/mol. The average Bonchev–Trinajstić information content (AvgIpc) is 2.55. The van der Waals surface area contributed by atoms with Crippen molar-refractivity contribution in [2.75, 3.05) is 0 Å². The van der Waals surface area contributed by atoms with Crippen LogP contribution in [0.1, 0.15) is 15.9 Å². The van der Waals surface area contributed by atoms with E-state index in [1.165, 1.54) is 30.5 Å². The van der Waals surface area contributed by atoms with Gasteiger partial charge in [0, 0.05) is 17.7 Å². The predicted octanol–water partition coefficient (Wildman–Crippen LogP) is 3.59. The fraction of sp³-hybridized carbons (Fsp3) is 0. The predicted molar refractivity (Wildman–Crippen MR) is 89.3 cm³/mol. The molecule has 0 radical (unpaired) electrons. The molecule has 0 heterocycles. The number of hydrogen-bond acceptors (Lipinski definition) is 4. The summed E-state index contributed by atoms with van der Waals surface area (Å²) in [5.41, 5.74) is 3.14. The molecule has 2 aromatic rings. The lowest BCUT2D eigenvalue weighted by atomic mass is 10.2. The van der Waals surface area contributed by atoms with Gasteiger partial charge in [0.2, 0.25) is 0 Å². The fourth-order valence-electron chi connectivity index (χ4n) is 1.72. The number of hydrazone groups is 1. The molecule has 0 aliphatic carbocycles. The third kappa shape index (κ3) is 5.05. The number of carbonyl (C=O) groups is 1. The largest absolute Gasteiger partial charge is 0.271 e. The van der Waals surface area contributed by atoms with Gasteiger partial charge in [0.15, 0.2) is 0 Å². The summed E-state index contributed by atoms with van der Waals surface area (Å²) in [6.45, 7) is 0. The number of amides is 1. The zero-order chi connectivity index (χ0) is 16.7. The third-order valence-corrected chi connectivity index (χ3v) is 2.98. The van der Waals surface area contributed by atoms with Gasteiger partial charge in [-0.1, -0.05) is 48.0 Å². The summed E-state index contributed by atoms with van der Waals surface area (Å²) >= 11 is 5.98. The minimum Gasteiger partial charge on any atom is -0.267 e. The van der Waals surface area contributed by atoms with Crippen LogP contribution in [0.3, 0.4) is 0 Å². The van der Waals surface area contributed by atoms with Crippen molar-refractivity contribution in [1.82, 2.24) is 5.43 Å². The van der Waals surface area contributed by atoms with E-state index in [0.717, 1.165) is 5.56 Å². The topological polar surface area (TPSA) is 84.6 Å². The van der Waals surface area contributed by atoms with Crippen LogP contribution in [0, 0.1) is 10.1 Å². The van der Waals surface area contributed by atoms with Gasteiger partial charge in [-0.3, -0.25) is 14.9 Å². The first-order valence-electron chi connectivity index (χ1n) is 6.56. The Balaban J connectivity index is 2.00. The third-order valence-electron chi connectivity index (χ3n) is 2.78. The van der Waals surface area contributed by atoms with E-state index < -0.39 is 10.8 Å². The standard InChI is InChI=1S/C16H12ClN3O3/c17-14(9-12-5-2-1-3-6-12)11-18-19-16(21)13-7-4-8-15(10-13)20(22)23/h1-11H,(H,19,21)/b14-9-,18-11-. The van der Waals surface area contributed by atoms with Crippen molar-refractivity contribution >= 4 is 35.5 Å². The molecule has 6 nitrogen and oxygen atoms in total. The van der Waals surface area contributed by atoms with Gasteiger partial charge in [-0.25, -0.2) is 5.43 Å². The van der Waals surface area contributed by atoms with Gasteiger partial charge < -0.3 is 0 Å². The molecule has 0 aliphatic heterocycles. The van der Waals surface area contributed by atoms with Crippen LogP contribution < -0.4 is 5.43 Å². The molecule has 116 valence electrons. The molecule has 23 heavy (non-hydrogen) atoms. The number of carbonyl (C=O) groups excluding carboxylic acids is 1. The molecule has 0 saturated carbocycles. The number of nitrogens with zero attached hydrogens (tertiary/aromatic N) is 2. The molecule has 0 atom stereocenters. The summed E-state index contributed by atoms with van der Waals surface area (Å²) in [4.78, 5) is 22.0. The molecule has 0 aromatic heterocycles. The van der Waals surface area contributed by atoms with E-state index in [1.807, 2.05) is 30.3 Å². The number of allylic oxidation sites excluding steroid dienone is 1. The van der Waals surface area contributed by atoms with Crippen molar-refractivity contribution in [1.29, 1.82) is 0 Å². The minimum absolute atomic E-state index is 0.138. The SMILES string of the molecule is O=C(N/N=C\C(Cl)=C\c1ccccc1)c1cccc([N+](=O)[O-])c1. The van der Waals surface area contributed by atoms with Crippen molar-refractivity contribution < 1.29 is 9.72 Å². The Bertz CT molecular complexity index is 773. The highest BCUT2D eigenvalue weighted by atomic mass is 35.5. The number of non-ortho nitro benzene ring substituents is 1. The molecule has 0 fully saturated rings. The lowest BCUT2D eigenvalue weighted by molar-refractivity contribution is -0.384. The smallest absolute Gasteiger partial charge is 0.267 e. The van der Waals surface area contributed by atoms with Gasteiger partial charge in [-0.15, -0.1) is 0 Å². The van der Waals surface area contributed by atoms with Crippen molar-refractivity contribution in [2.45, 2.75) is 0 Å². The van der Waals surface area contributed by atoms with Crippen LogP contribution in [-0.2, 0) is 0 Å². The van der Waals surface area contributed by atoms with Crippen LogP contribution in [0.15, 0.2) is 64.7 Å². The van der Waals surface area contributed by atoms with Crippen LogP contribution in [0.5, 0.6) is 0 Å². The molecule has 0 saturated heterocycles. The maximum absolute atomic E-state index is 11.8. The maximum Gasteiger partial charge on any atom is 0.271 e. The van der Waals surface area contributed by atoms with E-state index in [-0.39, 0.29) is 11.3 Å². The summed E-state index contributed by atoms with van der Waals surface area (Å²) in [6, 6.07) is 14.7. The summed E-state index contributed by atoms with van der Waals surface area (Å²) in [5.74, 6) is -0.561. The first kappa shape index (κ1) is 16.4. The summed E-state index contributed by atoms with van der Waals surface area (Å²) in [7, 11) is 0. The van der Waals surface area contributed by atoms with Gasteiger partial charge in [0.05, 0.1) is 16.2 Å². The number of hydrogen-bond donors (Lipinski definition) is 1. The van der Waals surface area contributed by atoms with Crippen molar-refractivity contribution in [3.63, 3.8) is 0 Å². The van der Waals surface area contributed by atoms with Crippen molar-refractivity contribution in [3.8, 4) is 0 Å². The molecule has 0 unspecified atom stereocenters. The lowest BCUT2D eigenvalue weighted by Crippen LogP contribution is -2.17. The highest BCUT2D eigenvalue weighted by Crippen LogP contribution is 2.13. The molecule has 1 amide bonds. The summed E-state index contributed by atoms with van der Waals surface area (Å²) in [5, 5.41) is 14.7. The summed E-state index contributed by atoms with van der Waals surface area (Å²) < 4.78 is 0. The zero-order valence-electron chi connectivity index (χ0n) is 11.8. The zero-order valence-corrected chi connectivity index (χ0v) is 12.6. The van der Waals surface area contributed by atoms with Crippen LogP contribution in [0.2, 0.25) is 0 Å². The van der Waals surface area contributed by atoms with Gasteiger partial charge >= 0.3 is 0 Å². The second-order valence-corrected chi connectivity index (χ2v) is 4.88. The molecule has 0 aliphatic rings. The van der Waals surface area contributed by atoms with E-state index >= 15 is 0 Å². The molecule has 1 N–H and O–H groups in total. The number of nitrogens with one attached hydrogen (secondary N) is 1. The summed E-state index contributed by atoms with van der Waals surface area (Å²) in [6.07, 6.45) is 2.97. The Morgan fingerprint density at radius 2 is 1.91 bits per heavy atom. The number of nitro benzene ring substituents is 1. The second kappa shape index (κ2) is 7.86. The van der Waals surface area contributed by atoms with E-state index in [4.69, 9.17) is 11.6 Å². The molecular formula is C16H12ClN3O3. The number of benzene rings is 2. The van der Waals surface area contributed by atoms with Gasteiger partial charge in [-0.05, 0) is 17.7 Å². The maximum atomic E-state index is 11.8. The lowest BCUT2D eigenvalue weighted by Gasteiger charge is -1.99. The van der Waals surface area contributed by atoms with Crippen molar-refractivity contribution in [3.05, 3.63) is 80.9 Å². The van der Waals surface area contributed by atoms with Crippen molar-refractivity contribution in [2.24, 2.45) is 5.10 Å². The Labute approximate surface area is 137 Å². The fourth-order valence-corrected chi connectivity index (χ4v) is 1.90. The average molecular weight is 330 g/mol. The number of halogens is 1. The van der Waals surface area contributed by atoms with E-state index in [1.54, 1.807) is 6.08 Å². The van der Waals surface area contributed by atoms with Crippen LogP contribution in [0.25, 0.3) is 6.08 Å². The molecule has 0 bridgehead atoms. The van der Waals surface area contributed by atoms with Crippen LogP contribution >= 0.6 is 11.6 Å². The molecule has 2 aromatic carbocycles. The quantitative estimate of drug-likeness (QED) is 0.516. The van der Waals surface area contributed by atoms with E-state index in [2.05, 4.69) is 10.5 Å². The Hall–Kier alpha value is -2.99. The van der Waals surface area contributed by atoms with E-state index in [9.17, 15) is 14.9 Å². The molecule has 2 rings (SSSR count). The first-order chi connectivity index (χ1) is 11.1. The first-order valence-corrected chi connectivity index (χ1v) is 6.94. The van der Waals surface area contributed by atoms with Crippen LogP contribution in [-0.4, -0.2) is 17.0 Å². The Morgan fingerprint density at radius 3 is 2.61 bits per heavy atom. The number of nitro groups is 1. The van der Waals surface area contributed by atoms with E-state index in [0.29, 0.717) is 5.03 Å². The van der Waals surface area contributed by atoms with Gasteiger partial charge in [0.1, 0.15) is 0 Å². The van der Waals surface area contributed by atoms with Crippen LogP contribution in [0.4, 0.5) is 5.69 Å². The highest BCUT2D eigenvalue weighted by Gasteiger charge is 2.10. The molecule has 7 heteroatoms. The highest BCUT2D eigenvalue weighted by molar-refractivity contribution is 6.41. The molecular weight excluding hydrogens is 318 g/mol.